The van der Waals surface area contributed by atoms with Crippen molar-refractivity contribution < 1.29 is 4.79 Å². The summed E-state index contributed by atoms with van der Waals surface area (Å²) in [6.45, 7) is 2.61. The molecule has 1 spiro atoms. The molecule has 2 aromatic rings. The Morgan fingerprint density at radius 1 is 1.41 bits per heavy atom. The predicted octanol–water partition coefficient (Wildman–Crippen LogP) is 1.58. The van der Waals surface area contributed by atoms with Gasteiger partial charge in [-0.3, -0.25) is 4.79 Å². The maximum atomic E-state index is 12.4. The maximum absolute atomic E-state index is 12.4. The van der Waals surface area contributed by atoms with Crippen LogP contribution in [0.3, 0.4) is 0 Å². The molecule has 4 rings (SSSR count). The lowest BCUT2D eigenvalue weighted by Gasteiger charge is -2.23. The lowest BCUT2D eigenvalue weighted by Crippen LogP contribution is -2.33. The summed E-state index contributed by atoms with van der Waals surface area (Å²) in [7, 11) is 2.00. The summed E-state index contributed by atoms with van der Waals surface area (Å²) >= 11 is 0. The van der Waals surface area contributed by atoms with Gasteiger partial charge in [-0.05, 0) is 49.9 Å². The summed E-state index contributed by atoms with van der Waals surface area (Å²) in [5, 5.41) is 6.47. The van der Waals surface area contributed by atoms with Gasteiger partial charge in [0.1, 0.15) is 5.82 Å². The van der Waals surface area contributed by atoms with E-state index in [0.29, 0.717) is 12.0 Å². The van der Waals surface area contributed by atoms with E-state index < -0.39 is 0 Å². The van der Waals surface area contributed by atoms with Crippen molar-refractivity contribution in [2.24, 2.45) is 18.4 Å². The molecule has 0 bridgehead atoms. The van der Waals surface area contributed by atoms with Crippen LogP contribution in [0.15, 0.2) is 24.3 Å². The predicted molar refractivity (Wildman–Crippen MR) is 85.2 cm³/mol. The summed E-state index contributed by atoms with van der Waals surface area (Å²) in [6.07, 6.45) is 3.33. The molecule has 2 aliphatic rings. The molecule has 5 heteroatoms. The number of hydrogen-bond donors (Lipinski definition) is 2. The first-order valence-corrected chi connectivity index (χ1v) is 8.08. The first-order chi connectivity index (χ1) is 10.7. The van der Waals surface area contributed by atoms with Crippen LogP contribution in [0.1, 0.15) is 25.1 Å². The molecule has 22 heavy (non-hydrogen) atoms. The second-order valence-electron chi connectivity index (χ2n) is 6.66. The van der Waals surface area contributed by atoms with E-state index in [1.54, 1.807) is 0 Å². The molecule has 1 amide bonds. The Bertz CT molecular complexity index is 715. The number of imidazole rings is 1. The number of piperidine rings is 1. The van der Waals surface area contributed by atoms with Gasteiger partial charge in [-0.25, -0.2) is 4.98 Å². The molecule has 1 aliphatic carbocycles. The van der Waals surface area contributed by atoms with Crippen LogP contribution < -0.4 is 10.6 Å². The molecule has 0 radical (unpaired) electrons. The minimum absolute atomic E-state index is 0.203. The third-order valence-electron chi connectivity index (χ3n) is 5.41. The molecular weight excluding hydrogens is 276 g/mol. The SMILES string of the molecule is Cn1c(CNC(=O)C2CC23CCNCC3)nc2ccccc21. The molecule has 1 aromatic carbocycles. The number of carbonyl (C=O) groups excluding carboxylic acids is 1. The number of carbonyl (C=O) groups is 1. The lowest BCUT2D eigenvalue weighted by molar-refractivity contribution is -0.123. The van der Waals surface area contributed by atoms with E-state index in [1.165, 1.54) is 0 Å². The van der Waals surface area contributed by atoms with Crippen LogP contribution in [0.2, 0.25) is 0 Å². The fourth-order valence-electron chi connectivity index (χ4n) is 3.84. The number of nitrogens with one attached hydrogen (secondary N) is 2. The van der Waals surface area contributed by atoms with Crippen molar-refractivity contribution >= 4 is 16.9 Å². The van der Waals surface area contributed by atoms with Crippen molar-refractivity contribution in [3.8, 4) is 0 Å². The summed E-state index contributed by atoms with van der Waals surface area (Å²) < 4.78 is 2.06. The van der Waals surface area contributed by atoms with Gasteiger partial charge < -0.3 is 15.2 Å². The molecular formula is C17H22N4O. The number of para-hydroxylation sites is 2. The highest BCUT2D eigenvalue weighted by Gasteiger charge is 2.57. The number of fused-ring (bicyclic) bond motifs is 1. The van der Waals surface area contributed by atoms with Gasteiger partial charge in [0.2, 0.25) is 5.91 Å². The summed E-state index contributed by atoms with van der Waals surface area (Å²) in [6, 6.07) is 8.06. The van der Waals surface area contributed by atoms with Gasteiger partial charge in [0.15, 0.2) is 0 Å². The third-order valence-corrected chi connectivity index (χ3v) is 5.41. The number of aryl methyl sites for hydroxylation is 1. The fourth-order valence-corrected chi connectivity index (χ4v) is 3.84. The zero-order chi connectivity index (χ0) is 15.2. The first-order valence-electron chi connectivity index (χ1n) is 8.08. The third kappa shape index (κ3) is 2.20. The summed E-state index contributed by atoms with van der Waals surface area (Å²) in [4.78, 5) is 17.0. The lowest BCUT2D eigenvalue weighted by atomic mass is 9.92. The Hall–Kier alpha value is -1.88. The highest BCUT2D eigenvalue weighted by Crippen LogP contribution is 2.58. The molecule has 5 nitrogen and oxygen atoms in total. The number of hydrogen-bond acceptors (Lipinski definition) is 3. The summed E-state index contributed by atoms with van der Waals surface area (Å²) in [5.74, 6) is 1.33. The minimum Gasteiger partial charge on any atom is -0.349 e. The van der Waals surface area contributed by atoms with Gasteiger partial charge in [-0.2, -0.15) is 0 Å². The van der Waals surface area contributed by atoms with Crippen LogP contribution in [0, 0.1) is 11.3 Å². The molecule has 2 heterocycles. The van der Waals surface area contributed by atoms with Crippen molar-refractivity contribution in [1.82, 2.24) is 20.2 Å². The molecule has 2 fully saturated rings. The number of rotatable bonds is 3. The van der Waals surface area contributed by atoms with Gasteiger partial charge in [-0.15, -0.1) is 0 Å². The quantitative estimate of drug-likeness (QED) is 0.904. The average molecular weight is 298 g/mol. The highest BCUT2D eigenvalue weighted by atomic mass is 16.2. The fraction of sp³-hybridized carbons (Fsp3) is 0.529. The molecule has 2 N–H and O–H groups in total. The zero-order valence-electron chi connectivity index (χ0n) is 12.9. The van der Waals surface area contributed by atoms with Crippen molar-refractivity contribution in [1.29, 1.82) is 0 Å². The maximum Gasteiger partial charge on any atom is 0.224 e. The molecule has 1 saturated heterocycles. The molecule has 1 saturated carbocycles. The van der Waals surface area contributed by atoms with E-state index in [-0.39, 0.29) is 11.8 Å². The van der Waals surface area contributed by atoms with Crippen LogP contribution in [0.4, 0.5) is 0 Å². The van der Waals surface area contributed by atoms with Gasteiger partial charge >= 0.3 is 0 Å². The van der Waals surface area contributed by atoms with Crippen molar-refractivity contribution in [2.75, 3.05) is 13.1 Å². The minimum atomic E-state index is 0.203. The second kappa shape index (κ2) is 5.09. The van der Waals surface area contributed by atoms with Gasteiger partial charge in [0.25, 0.3) is 0 Å². The Kier molecular flexibility index (Phi) is 3.18. The number of benzene rings is 1. The largest absolute Gasteiger partial charge is 0.349 e. The number of amides is 1. The standard InChI is InChI=1S/C17H22N4O/c1-21-14-5-3-2-4-13(14)20-15(21)11-19-16(22)12-10-17(12)6-8-18-9-7-17/h2-5,12,18H,6-11H2,1H3,(H,19,22). The topological polar surface area (TPSA) is 59.0 Å². The van der Waals surface area contributed by atoms with E-state index in [4.69, 9.17) is 0 Å². The van der Waals surface area contributed by atoms with Crippen LogP contribution in [-0.4, -0.2) is 28.5 Å². The monoisotopic (exact) mass is 298 g/mol. The van der Waals surface area contributed by atoms with Crippen LogP contribution in [0.5, 0.6) is 0 Å². The van der Waals surface area contributed by atoms with Gasteiger partial charge in [0.05, 0.1) is 17.6 Å². The van der Waals surface area contributed by atoms with E-state index in [0.717, 1.165) is 49.2 Å². The van der Waals surface area contributed by atoms with Crippen LogP contribution >= 0.6 is 0 Å². The second-order valence-corrected chi connectivity index (χ2v) is 6.66. The van der Waals surface area contributed by atoms with Gasteiger partial charge in [0, 0.05) is 13.0 Å². The van der Waals surface area contributed by atoms with Gasteiger partial charge in [-0.1, -0.05) is 12.1 Å². The van der Waals surface area contributed by atoms with Crippen molar-refractivity contribution in [3.63, 3.8) is 0 Å². The molecule has 1 aliphatic heterocycles. The van der Waals surface area contributed by atoms with E-state index in [2.05, 4.69) is 26.3 Å². The Balaban J connectivity index is 1.42. The van der Waals surface area contributed by atoms with Crippen LogP contribution in [0.25, 0.3) is 11.0 Å². The molecule has 116 valence electrons. The molecule has 1 aromatic heterocycles. The number of nitrogens with zero attached hydrogens (tertiary/aromatic N) is 2. The van der Waals surface area contributed by atoms with Crippen molar-refractivity contribution in [2.45, 2.75) is 25.8 Å². The normalized spacial score (nSPS) is 22.9. The molecule has 1 atom stereocenters. The number of aromatic nitrogens is 2. The van der Waals surface area contributed by atoms with E-state index in [9.17, 15) is 4.79 Å². The average Bonchev–Trinajstić information content (AvgIpc) is 3.14. The smallest absolute Gasteiger partial charge is 0.224 e. The van der Waals surface area contributed by atoms with Crippen molar-refractivity contribution in [3.05, 3.63) is 30.1 Å². The Morgan fingerprint density at radius 2 is 2.18 bits per heavy atom. The Labute approximate surface area is 130 Å². The van der Waals surface area contributed by atoms with E-state index >= 15 is 0 Å². The Morgan fingerprint density at radius 3 is 2.95 bits per heavy atom. The molecule has 1 unspecified atom stereocenters. The van der Waals surface area contributed by atoms with Crippen LogP contribution in [-0.2, 0) is 18.4 Å². The first kappa shape index (κ1) is 13.8. The zero-order valence-corrected chi connectivity index (χ0v) is 12.9. The van der Waals surface area contributed by atoms with E-state index in [1.807, 2.05) is 25.2 Å². The highest BCUT2D eigenvalue weighted by molar-refractivity contribution is 5.82. The summed E-state index contributed by atoms with van der Waals surface area (Å²) in [5.41, 5.74) is 2.38.